The lowest BCUT2D eigenvalue weighted by molar-refractivity contribution is 0.687. The molecule has 0 saturated carbocycles. The number of rotatable bonds is 2. The number of hydrogen-bond donors (Lipinski definition) is 0. The van der Waals surface area contributed by atoms with E-state index in [-0.39, 0.29) is 0 Å². The summed E-state index contributed by atoms with van der Waals surface area (Å²) in [6.45, 7) is 0.585. The molecule has 0 aliphatic carbocycles. The molecule has 0 aliphatic heterocycles. The van der Waals surface area contributed by atoms with E-state index in [1.165, 1.54) is 6.20 Å². The zero-order chi connectivity index (χ0) is 10.7. The van der Waals surface area contributed by atoms with Crippen LogP contribution in [0.2, 0.25) is 5.15 Å². The normalized spacial score (nSPS) is 9.87. The van der Waals surface area contributed by atoms with Gasteiger partial charge >= 0.3 is 0 Å². The molecule has 0 N–H and O–H groups in total. The highest BCUT2D eigenvalue weighted by Gasteiger charge is 2.07. The van der Waals surface area contributed by atoms with Crippen molar-refractivity contribution in [2.24, 2.45) is 0 Å². The Balaban J connectivity index is 2.26. The maximum atomic E-state index is 8.71. The van der Waals surface area contributed by atoms with Gasteiger partial charge in [-0.15, -0.1) is 0 Å². The van der Waals surface area contributed by atoms with Crippen LogP contribution in [0, 0.1) is 11.3 Å². The van der Waals surface area contributed by atoms with Crippen molar-refractivity contribution in [3.63, 3.8) is 0 Å². The van der Waals surface area contributed by atoms with Crippen LogP contribution >= 0.6 is 11.6 Å². The maximum absolute atomic E-state index is 8.71. The van der Waals surface area contributed by atoms with Crippen LogP contribution in [-0.4, -0.2) is 9.78 Å². The van der Waals surface area contributed by atoms with Gasteiger partial charge in [-0.25, -0.2) is 4.68 Å². The van der Waals surface area contributed by atoms with Crippen LogP contribution in [0.3, 0.4) is 0 Å². The fourth-order valence-corrected chi connectivity index (χ4v) is 1.51. The van der Waals surface area contributed by atoms with Gasteiger partial charge in [-0.3, -0.25) is 0 Å². The van der Waals surface area contributed by atoms with E-state index in [1.54, 1.807) is 4.68 Å². The molecule has 74 valence electrons. The van der Waals surface area contributed by atoms with Gasteiger partial charge < -0.3 is 0 Å². The maximum Gasteiger partial charge on any atom is 0.145 e. The van der Waals surface area contributed by atoms with Crippen molar-refractivity contribution in [1.82, 2.24) is 9.78 Å². The first-order chi connectivity index (χ1) is 7.31. The molecule has 1 aromatic heterocycles. The highest BCUT2D eigenvalue weighted by molar-refractivity contribution is 6.30. The highest BCUT2D eigenvalue weighted by Crippen LogP contribution is 2.15. The van der Waals surface area contributed by atoms with Gasteiger partial charge in [0.05, 0.1) is 12.7 Å². The molecular formula is C11H8ClN3. The second kappa shape index (κ2) is 4.16. The molecule has 1 aromatic carbocycles. The number of nitrogens with zero attached hydrogens (tertiary/aromatic N) is 3. The Hall–Kier alpha value is -1.79. The highest BCUT2D eigenvalue weighted by atomic mass is 35.5. The van der Waals surface area contributed by atoms with Crippen molar-refractivity contribution in [3.05, 3.63) is 52.8 Å². The first-order valence-electron chi connectivity index (χ1n) is 4.46. The summed E-state index contributed by atoms with van der Waals surface area (Å²) in [5, 5.41) is 13.1. The average molecular weight is 218 g/mol. The molecule has 15 heavy (non-hydrogen) atoms. The summed E-state index contributed by atoms with van der Waals surface area (Å²) in [4.78, 5) is 0. The van der Waals surface area contributed by atoms with E-state index in [1.807, 2.05) is 36.4 Å². The van der Waals surface area contributed by atoms with Crippen LogP contribution in [-0.2, 0) is 6.54 Å². The Morgan fingerprint density at radius 2 is 2.07 bits per heavy atom. The standard InChI is InChI=1S/C11H8ClN3/c12-11-10(6-13)7-14-15(11)8-9-4-2-1-3-5-9/h1-5,7H,8H2. The molecule has 1 heterocycles. The third kappa shape index (κ3) is 2.00. The van der Waals surface area contributed by atoms with Gasteiger partial charge in [0.25, 0.3) is 0 Å². The number of nitriles is 1. The lowest BCUT2D eigenvalue weighted by Crippen LogP contribution is -2.01. The van der Waals surface area contributed by atoms with Crippen molar-refractivity contribution < 1.29 is 0 Å². The van der Waals surface area contributed by atoms with E-state index in [0.29, 0.717) is 17.3 Å². The van der Waals surface area contributed by atoms with Crippen molar-refractivity contribution in [3.8, 4) is 6.07 Å². The monoisotopic (exact) mass is 217 g/mol. The van der Waals surface area contributed by atoms with Crippen LogP contribution < -0.4 is 0 Å². The fraction of sp³-hybridized carbons (Fsp3) is 0.0909. The first kappa shape index (κ1) is 9.75. The molecular weight excluding hydrogens is 210 g/mol. The van der Waals surface area contributed by atoms with Crippen LogP contribution in [0.25, 0.3) is 0 Å². The van der Waals surface area contributed by atoms with Crippen molar-refractivity contribution in [2.75, 3.05) is 0 Å². The smallest absolute Gasteiger partial charge is 0.145 e. The molecule has 0 spiro atoms. The average Bonchev–Trinajstić information content (AvgIpc) is 2.62. The van der Waals surface area contributed by atoms with Gasteiger partial charge in [-0.05, 0) is 5.56 Å². The van der Waals surface area contributed by atoms with E-state index < -0.39 is 0 Å². The number of aromatic nitrogens is 2. The zero-order valence-electron chi connectivity index (χ0n) is 7.89. The molecule has 0 fully saturated rings. The Morgan fingerprint density at radius 1 is 1.33 bits per heavy atom. The van der Waals surface area contributed by atoms with Gasteiger partial charge in [0.1, 0.15) is 16.8 Å². The molecule has 0 bridgehead atoms. The summed E-state index contributed by atoms with van der Waals surface area (Å²) in [6, 6.07) is 11.8. The topological polar surface area (TPSA) is 41.6 Å². The summed E-state index contributed by atoms with van der Waals surface area (Å²) < 4.78 is 1.61. The summed E-state index contributed by atoms with van der Waals surface area (Å²) in [5.74, 6) is 0. The second-order valence-corrected chi connectivity index (χ2v) is 3.46. The molecule has 3 nitrogen and oxygen atoms in total. The van der Waals surface area contributed by atoms with Gasteiger partial charge in [0, 0.05) is 0 Å². The van der Waals surface area contributed by atoms with E-state index in [2.05, 4.69) is 5.10 Å². The van der Waals surface area contributed by atoms with Crippen LogP contribution in [0.5, 0.6) is 0 Å². The molecule has 2 aromatic rings. The Kier molecular flexibility index (Phi) is 2.70. The van der Waals surface area contributed by atoms with Crippen molar-refractivity contribution >= 4 is 11.6 Å². The SMILES string of the molecule is N#Cc1cnn(Cc2ccccc2)c1Cl. The predicted octanol–water partition coefficient (Wildman–Crippen LogP) is 2.46. The summed E-state index contributed by atoms with van der Waals surface area (Å²) in [7, 11) is 0. The van der Waals surface area contributed by atoms with Gasteiger partial charge in [-0.1, -0.05) is 41.9 Å². The lowest BCUT2D eigenvalue weighted by Gasteiger charge is -2.02. The van der Waals surface area contributed by atoms with E-state index in [4.69, 9.17) is 16.9 Å². The van der Waals surface area contributed by atoms with E-state index in [0.717, 1.165) is 5.56 Å². The molecule has 0 atom stereocenters. The molecule has 0 aliphatic rings. The summed E-state index contributed by atoms with van der Waals surface area (Å²) >= 11 is 5.95. The van der Waals surface area contributed by atoms with Gasteiger partial charge in [0.15, 0.2) is 0 Å². The van der Waals surface area contributed by atoms with E-state index >= 15 is 0 Å². The largest absolute Gasteiger partial charge is 0.248 e. The Bertz CT molecular complexity index is 496. The number of halogens is 1. The molecule has 2 rings (SSSR count). The minimum Gasteiger partial charge on any atom is -0.248 e. The molecule has 0 amide bonds. The van der Waals surface area contributed by atoms with Gasteiger partial charge in [0.2, 0.25) is 0 Å². The number of benzene rings is 1. The lowest BCUT2D eigenvalue weighted by atomic mass is 10.2. The molecule has 4 heteroatoms. The van der Waals surface area contributed by atoms with Crippen LogP contribution in [0.15, 0.2) is 36.5 Å². The predicted molar refractivity (Wildman–Crippen MR) is 57.5 cm³/mol. The Morgan fingerprint density at radius 3 is 2.67 bits per heavy atom. The summed E-state index contributed by atoms with van der Waals surface area (Å²) in [6.07, 6.45) is 1.48. The zero-order valence-corrected chi connectivity index (χ0v) is 8.65. The Labute approximate surface area is 92.5 Å². The minimum absolute atomic E-state index is 0.390. The third-order valence-electron chi connectivity index (χ3n) is 2.07. The van der Waals surface area contributed by atoms with Crippen LogP contribution in [0.4, 0.5) is 0 Å². The van der Waals surface area contributed by atoms with Crippen LogP contribution in [0.1, 0.15) is 11.1 Å². The van der Waals surface area contributed by atoms with E-state index in [9.17, 15) is 0 Å². The molecule has 0 radical (unpaired) electrons. The minimum atomic E-state index is 0.390. The quantitative estimate of drug-likeness (QED) is 0.776. The molecule has 0 saturated heterocycles. The molecule has 0 unspecified atom stereocenters. The number of hydrogen-bond acceptors (Lipinski definition) is 2. The second-order valence-electron chi connectivity index (χ2n) is 3.10. The summed E-state index contributed by atoms with van der Waals surface area (Å²) in [5.41, 5.74) is 1.51. The fourth-order valence-electron chi connectivity index (χ4n) is 1.31. The van der Waals surface area contributed by atoms with Gasteiger partial charge in [-0.2, -0.15) is 10.4 Å². The first-order valence-corrected chi connectivity index (χ1v) is 4.84. The third-order valence-corrected chi connectivity index (χ3v) is 2.47. The van der Waals surface area contributed by atoms with Crippen molar-refractivity contribution in [1.29, 1.82) is 5.26 Å². The van der Waals surface area contributed by atoms with Crippen molar-refractivity contribution in [2.45, 2.75) is 6.54 Å².